The Bertz CT molecular complexity index is 832. The van der Waals surface area contributed by atoms with Crippen LogP contribution in [0.15, 0.2) is 60.3 Å². The number of nitriles is 1. The molecule has 2 rings (SSSR count). The van der Waals surface area contributed by atoms with Crippen molar-refractivity contribution < 1.29 is 4.79 Å². The molecule has 0 saturated heterocycles. The number of benzene rings is 2. The fourth-order valence-electron chi connectivity index (χ4n) is 2.62. The molecule has 0 aliphatic rings. The van der Waals surface area contributed by atoms with Gasteiger partial charge in [0, 0.05) is 24.5 Å². The van der Waals surface area contributed by atoms with Crippen LogP contribution < -0.4 is 5.32 Å². The van der Waals surface area contributed by atoms with Crippen LogP contribution in [0.2, 0.25) is 0 Å². The van der Waals surface area contributed by atoms with Crippen molar-refractivity contribution in [3.05, 3.63) is 77.0 Å². The van der Waals surface area contributed by atoms with Crippen LogP contribution in [0, 0.1) is 25.2 Å². The first-order valence-electron chi connectivity index (χ1n) is 8.71. The van der Waals surface area contributed by atoms with Gasteiger partial charge in [0.1, 0.15) is 11.6 Å². The SMILES string of the molecule is Cc1ccc(NC(=O)/C(C#N)=C\N(Cc2ccccc2)C(C)C)c(C)c1. The minimum Gasteiger partial charge on any atom is -0.369 e. The average Bonchev–Trinajstić information content (AvgIpc) is 2.61. The van der Waals surface area contributed by atoms with E-state index in [4.69, 9.17) is 0 Å². The van der Waals surface area contributed by atoms with Crippen LogP contribution in [0.3, 0.4) is 0 Å². The lowest BCUT2D eigenvalue weighted by molar-refractivity contribution is -0.112. The van der Waals surface area contributed by atoms with Crippen LogP contribution in [0.25, 0.3) is 0 Å². The van der Waals surface area contributed by atoms with E-state index in [0.717, 1.165) is 22.4 Å². The smallest absolute Gasteiger partial charge is 0.267 e. The van der Waals surface area contributed by atoms with Gasteiger partial charge in [-0.1, -0.05) is 48.0 Å². The Morgan fingerprint density at radius 2 is 1.88 bits per heavy atom. The predicted molar refractivity (Wildman–Crippen MR) is 105 cm³/mol. The van der Waals surface area contributed by atoms with Crippen molar-refractivity contribution in [2.75, 3.05) is 5.32 Å². The number of hydrogen-bond acceptors (Lipinski definition) is 3. The highest BCUT2D eigenvalue weighted by molar-refractivity contribution is 6.06. The number of anilines is 1. The van der Waals surface area contributed by atoms with Crippen LogP contribution in [-0.4, -0.2) is 16.8 Å². The molecular formula is C22H25N3O. The quantitative estimate of drug-likeness (QED) is 0.615. The van der Waals surface area contributed by atoms with Gasteiger partial charge in [-0.05, 0) is 44.9 Å². The molecular weight excluding hydrogens is 322 g/mol. The molecule has 134 valence electrons. The summed E-state index contributed by atoms with van der Waals surface area (Å²) in [5.74, 6) is -0.391. The number of nitrogens with zero attached hydrogens (tertiary/aromatic N) is 2. The van der Waals surface area contributed by atoms with Gasteiger partial charge >= 0.3 is 0 Å². The number of carbonyl (C=O) groups excluding carboxylic acids is 1. The Kier molecular flexibility index (Phi) is 6.57. The van der Waals surface area contributed by atoms with Crippen molar-refractivity contribution in [3.63, 3.8) is 0 Å². The molecule has 0 atom stereocenters. The first kappa shape index (κ1) is 19.3. The Labute approximate surface area is 155 Å². The molecule has 2 aromatic rings. The fourth-order valence-corrected chi connectivity index (χ4v) is 2.62. The fraction of sp³-hybridized carbons (Fsp3) is 0.273. The van der Waals surface area contributed by atoms with Crippen molar-refractivity contribution in [3.8, 4) is 6.07 Å². The molecule has 0 fully saturated rings. The molecule has 0 aromatic heterocycles. The van der Waals surface area contributed by atoms with Crippen molar-refractivity contribution in [1.29, 1.82) is 5.26 Å². The number of nitrogens with one attached hydrogen (secondary N) is 1. The number of amides is 1. The summed E-state index contributed by atoms with van der Waals surface area (Å²) >= 11 is 0. The van der Waals surface area contributed by atoms with Gasteiger partial charge in [0.25, 0.3) is 5.91 Å². The summed E-state index contributed by atoms with van der Waals surface area (Å²) in [7, 11) is 0. The van der Waals surface area contributed by atoms with Crippen LogP contribution in [0.4, 0.5) is 5.69 Å². The molecule has 2 aromatic carbocycles. The van der Waals surface area contributed by atoms with Crippen LogP contribution in [-0.2, 0) is 11.3 Å². The third-order valence-corrected chi connectivity index (χ3v) is 4.16. The van der Waals surface area contributed by atoms with E-state index >= 15 is 0 Å². The summed E-state index contributed by atoms with van der Waals surface area (Å²) in [4.78, 5) is 14.6. The van der Waals surface area contributed by atoms with Gasteiger partial charge in [0.15, 0.2) is 0 Å². The van der Waals surface area contributed by atoms with Gasteiger partial charge in [-0.25, -0.2) is 0 Å². The number of rotatable bonds is 6. The highest BCUT2D eigenvalue weighted by Gasteiger charge is 2.14. The molecule has 4 nitrogen and oxygen atoms in total. The van der Waals surface area contributed by atoms with E-state index in [2.05, 4.69) is 5.32 Å². The van der Waals surface area contributed by atoms with Crippen molar-refractivity contribution in [2.24, 2.45) is 0 Å². The third kappa shape index (κ3) is 5.22. The summed E-state index contributed by atoms with van der Waals surface area (Å²) in [6, 6.07) is 18.0. The van der Waals surface area contributed by atoms with Gasteiger partial charge in [-0.3, -0.25) is 4.79 Å². The Morgan fingerprint density at radius 1 is 1.19 bits per heavy atom. The summed E-state index contributed by atoms with van der Waals surface area (Å²) in [6.45, 7) is 8.66. The average molecular weight is 347 g/mol. The van der Waals surface area contributed by atoms with Gasteiger partial charge in [0.05, 0.1) is 0 Å². The third-order valence-electron chi connectivity index (χ3n) is 4.16. The molecule has 0 saturated carbocycles. The Hall–Kier alpha value is -3.06. The zero-order valence-corrected chi connectivity index (χ0v) is 15.8. The maximum absolute atomic E-state index is 12.6. The maximum atomic E-state index is 12.6. The van der Waals surface area contributed by atoms with E-state index < -0.39 is 5.91 Å². The van der Waals surface area contributed by atoms with E-state index in [9.17, 15) is 10.1 Å². The van der Waals surface area contributed by atoms with Gasteiger partial charge in [-0.15, -0.1) is 0 Å². The monoisotopic (exact) mass is 347 g/mol. The number of aryl methyl sites for hydroxylation is 2. The summed E-state index contributed by atoms with van der Waals surface area (Å²) < 4.78 is 0. The molecule has 1 amide bonds. The van der Waals surface area contributed by atoms with Crippen LogP contribution in [0.1, 0.15) is 30.5 Å². The summed E-state index contributed by atoms with van der Waals surface area (Å²) in [5.41, 5.74) is 4.05. The van der Waals surface area contributed by atoms with Gasteiger partial charge < -0.3 is 10.2 Å². The van der Waals surface area contributed by atoms with Crippen LogP contribution in [0.5, 0.6) is 0 Å². The molecule has 4 heteroatoms. The van der Waals surface area contributed by atoms with Crippen molar-refractivity contribution >= 4 is 11.6 Å². The van der Waals surface area contributed by atoms with E-state index in [0.29, 0.717) is 6.54 Å². The highest BCUT2D eigenvalue weighted by atomic mass is 16.1. The van der Waals surface area contributed by atoms with E-state index in [1.165, 1.54) is 0 Å². The van der Waals surface area contributed by atoms with E-state index in [1.54, 1.807) is 6.20 Å². The largest absolute Gasteiger partial charge is 0.369 e. The number of carbonyl (C=O) groups is 1. The zero-order chi connectivity index (χ0) is 19.1. The van der Waals surface area contributed by atoms with Crippen molar-refractivity contribution in [1.82, 2.24) is 4.90 Å². The molecule has 0 heterocycles. The highest BCUT2D eigenvalue weighted by Crippen LogP contribution is 2.17. The molecule has 26 heavy (non-hydrogen) atoms. The lowest BCUT2D eigenvalue weighted by atomic mass is 10.1. The minimum atomic E-state index is -0.391. The molecule has 0 aliphatic heterocycles. The lowest BCUT2D eigenvalue weighted by Gasteiger charge is -2.25. The standard InChI is InChI=1S/C22H25N3O/c1-16(2)25(14-19-8-6-5-7-9-19)15-20(13-23)22(26)24-21-11-10-17(3)12-18(21)4/h5-12,15-16H,14H2,1-4H3,(H,24,26)/b20-15-. The van der Waals surface area contributed by atoms with Crippen LogP contribution >= 0.6 is 0 Å². The van der Waals surface area contributed by atoms with E-state index in [-0.39, 0.29) is 11.6 Å². The zero-order valence-electron chi connectivity index (χ0n) is 15.8. The van der Waals surface area contributed by atoms with Crippen molar-refractivity contribution in [2.45, 2.75) is 40.3 Å². The predicted octanol–water partition coefficient (Wildman–Crippen LogP) is 4.56. The minimum absolute atomic E-state index is 0.0922. The second kappa shape index (κ2) is 8.87. The molecule has 0 bridgehead atoms. The molecule has 0 aliphatic carbocycles. The van der Waals surface area contributed by atoms with Gasteiger partial charge in [-0.2, -0.15) is 5.26 Å². The molecule has 0 spiro atoms. The maximum Gasteiger partial charge on any atom is 0.267 e. The van der Waals surface area contributed by atoms with E-state index in [1.807, 2.05) is 87.2 Å². The number of hydrogen-bond donors (Lipinski definition) is 1. The topological polar surface area (TPSA) is 56.1 Å². The lowest BCUT2D eigenvalue weighted by Crippen LogP contribution is -2.27. The molecule has 0 unspecified atom stereocenters. The molecule has 1 N–H and O–H groups in total. The first-order chi connectivity index (χ1) is 12.4. The molecule has 0 radical (unpaired) electrons. The Morgan fingerprint density at radius 3 is 2.46 bits per heavy atom. The summed E-state index contributed by atoms with van der Waals surface area (Å²) in [6.07, 6.45) is 1.65. The second-order valence-corrected chi connectivity index (χ2v) is 6.68. The Balaban J connectivity index is 2.20. The second-order valence-electron chi connectivity index (χ2n) is 6.68. The normalized spacial score (nSPS) is 11.2. The van der Waals surface area contributed by atoms with Gasteiger partial charge in [0.2, 0.25) is 0 Å². The first-order valence-corrected chi connectivity index (χ1v) is 8.71. The summed E-state index contributed by atoms with van der Waals surface area (Å²) in [5, 5.41) is 12.3.